The molecule has 2 rings (SSSR count). The van der Waals surface area contributed by atoms with Crippen LogP contribution in [0, 0.1) is 0 Å². The van der Waals surface area contributed by atoms with E-state index in [1.54, 1.807) is 43.5 Å². The van der Waals surface area contributed by atoms with Gasteiger partial charge >= 0.3 is 5.97 Å². The van der Waals surface area contributed by atoms with Crippen LogP contribution < -0.4 is 9.47 Å². The Morgan fingerprint density at radius 2 is 1.46 bits per heavy atom. The van der Waals surface area contributed by atoms with E-state index in [1.807, 2.05) is 12.1 Å². The van der Waals surface area contributed by atoms with Gasteiger partial charge in [-0.05, 0) is 60.1 Å². The monoisotopic (exact) mass is 372 g/mol. The third-order valence-corrected chi connectivity index (χ3v) is 9.34. The van der Waals surface area contributed by atoms with Crippen molar-refractivity contribution in [3.05, 3.63) is 59.7 Å². The first-order chi connectivity index (χ1) is 12.1. The number of carbonyl (C=O) groups is 1. The predicted molar refractivity (Wildman–Crippen MR) is 106 cm³/mol. The molecule has 0 fully saturated rings. The Morgan fingerprint density at radius 3 is 1.96 bits per heavy atom. The Bertz CT molecular complexity index is 728. The van der Waals surface area contributed by atoms with Crippen LogP contribution in [0.4, 0.5) is 0 Å². The van der Waals surface area contributed by atoms with Crippen molar-refractivity contribution in [1.29, 1.82) is 0 Å². The molecule has 0 atom stereocenters. The Kier molecular flexibility index (Phi) is 6.26. The second kappa shape index (κ2) is 8.06. The summed E-state index contributed by atoms with van der Waals surface area (Å²) in [4.78, 5) is 12.2. The minimum atomic E-state index is -1.78. The highest BCUT2D eigenvalue weighted by atomic mass is 28.4. The lowest BCUT2D eigenvalue weighted by atomic mass is 10.2. The van der Waals surface area contributed by atoms with Crippen molar-refractivity contribution in [1.82, 2.24) is 0 Å². The lowest BCUT2D eigenvalue weighted by Gasteiger charge is -2.36. The Balaban J connectivity index is 1.95. The van der Waals surface area contributed by atoms with Crippen LogP contribution in [0.1, 0.15) is 36.7 Å². The minimum Gasteiger partial charge on any atom is -0.497 e. The first-order valence-corrected chi connectivity index (χ1v) is 11.6. The molecule has 0 unspecified atom stereocenters. The fourth-order valence-electron chi connectivity index (χ4n) is 2.03. The van der Waals surface area contributed by atoms with Gasteiger partial charge in [0.1, 0.15) is 11.5 Å². The van der Waals surface area contributed by atoms with Crippen molar-refractivity contribution in [3.63, 3.8) is 0 Å². The van der Waals surface area contributed by atoms with E-state index in [1.165, 1.54) is 0 Å². The third-order valence-electron chi connectivity index (χ3n) is 4.87. The van der Waals surface area contributed by atoms with Crippen LogP contribution in [-0.4, -0.2) is 21.4 Å². The second-order valence-electron chi connectivity index (χ2n) is 7.81. The molecule has 4 nitrogen and oxygen atoms in total. The molecule has 140 valence electrons. The summed E-state index contributed by atoms with van der Waals surface area (Å²) in [7, 11) is -0.188. The topological polar surface area (TPSA) is 44.8 Å². The molecular formula is C21H28O4Si. The van der Waals surface area contributed by atoms with Gasteiger partial charge in [-0.25, -0.2) is 4.79 Å². The quantitative estimate of drug-likeness (QED) is 0.385. The van der Waals surface area contributed by atoms with Crippen molar-refractivity contribution >= 4 is 14.3 Å². The standard InChI is InChI=1S/C21H28O4Si/c1-21(2,3)26(5,6)24-15-16-7-11-19(12-8-16)25-20(22)17-9-13-18(23-4)14-10-17/h7-14H,15H2,1-6H3. The van der Waals surface area contributed by atoms with Crippen molar-refractivity contribution in [2.24, 2.45) is 0 Å². The van der Waals surface area contributed by atoms with Gasteiger partial charge in [-0.3, -0.25) is 0 Å². The first-order valence-electron chi connectivity index (χ1n) is 8.71. The normalized spacial score (nSPS) is 11.9. The first kappa shape index (κ1) is 20.2. The SMILES string of the molecule is COc1ccc(C(=O)Oc2ccc(CO[Si](C)(C)C(C)(C)C)cc2)cc1. The van der Waals surface area contributed by atoms with Gasteiger partial charge in [-0.15, -0.1) is 0 Å². The van der Waals surface area contributed by atoms with Crippen LogP contribution in [0.3, 0.4) is 0 Å². The number of hydrogen-bond acceptors (Lipinski definition) is 4. The van der Waals surface area contributed by atoms with E-state index in [0.717, 1.165) is 5.56 Å². The van der Waals surface area contributed by atoms with E-state index in [0.29, 0.717) is 23.7 Å². The van der Waals surface area contributed by atoms with Gasteiger partial charge in [-0.1, -0.05) is 32.9 Å². The summed E-state index contributed by atoms with van der Waals surface area (Å²) in [5, 5.41) is 0.181. The summed E-state index contributed by atoms with van der Waals surface area (Å²) in [6.07, 6.45) is 0. The highest BCUT2D eigenvalue weighted by molar-refractivity contribution is 6.74. The molecule has 0 radical (unpaired) electrons. The van der Waals surface area contributed by atoms with Crippen molar-refractivity contribution in [2.45, 2.75) is 45.5 Å². The van der Waals surface area contributed by atoms with Gasteiger partial charge in [0.15, 0.2) is 8.32 Å². The average molecular weight is 373 g/mol. The highest BCUT2D eigenvalue weighted by Gasteiger charge is 2.36. The Morgan fingerprint density at radius 1 is 0.923 bits per heavy atom. The molecule has 0 spiro atoms. The molecule has 0 aliphatic rings. The summed E-state index contributed by atoms with van der Waals surface area (Å²) in [6.45, 7) is 11.7. The van der Waals surface area contributed by atoms with Crippen LogP contribution in [-0.2, 0) is 11.0 Å². The zero-order valence-electron chi connectivity index (χ0n) is 16.5. The second-order valence-corrected chi connectivity index (χ2v) is 12.6. The predicted octanol–water partition coefficient (Wildman–Crippen LogP) is 5.44. The van der Waals surface area contributed by atoms with E-state index in [4.69, 9.17) is 13.9 Å². The Hall–Kier alpha value is -2.11. The van der Waals surface area contributed by atoms with E-state index < -0.39 is 14.3 Å². The zero-order valence-corrected chi connectivity index (χ0v) is 17.5. The van der Waals surface area contributed by atoms with Crippen molar-refractivity contribution in [3.8, 4) is 11.5 Å². The Labute approximate surface area is 157 Å². The van der Waals surface area contributed by atoms with Crippen LogP contribution >= 0.6 is 0 Å². The van der Waals surface area contributed by atoms with Crippen molar-refractivity contribution < 1.29 is 18.7 Å². The molecule has 26 heavy (non-hydrogen) atoms. The smallest absolute Gasteiger partial charge is 0.343 e. The number of ether oxygens (including phenoxy) is 2. The maximum atomic E-state index is 12.2. The maximum absolute atomic E-state index is 12.2. The van der Waals surface area contributed by atoms with Crippen LogP contribution in [0.25, 0.3) is 0 Å². The number of rotatable bonds is 6. The number of carbonyl (C=O) groups excluding carboxylic acids is 1. The van der Waals surface area contributed by atoms with Crippen molar-refractivity contribution in [2.75, 3.05) is 7.11 Å². The number of hydrogen-bond donors (Lipinski definition) is 0. The molecule has 0 N–H and O–H groups in total. The summed E-state index contributed by atoms with van der Waals surface area (Å²) in [5.74, 6) is 0.826. The van der Waals surface area contributed by atoms with Gasteiger partial charge in [0.2, 0.25) is 0 Å². The maximum Gasteiger partial charge on any atom is 0.343 e. The fraction of sp³-hybridized carbons (Fsp3) is 0.381. The van der Waals surface area contributed by atoms with E-state index in [9.17, 15) is 4.79 Å². The molecule has 5 heteroatoms. The molecule has 0 amide bonds. The van der Waals surface area contributed by atoms with E-state index in [2.05, 4.69) is 33.9 Å². The molecule has 0 saturated carbocycles. The molecular weight excluding hydrogens is 344 g/mol. The lowest BCUT2D eigenvalue weighted by Crippen LogP contribution is -2.40. The van der Waals surface area contributed by atoms with Gasteiger partial charge < -0.3 is 13.9 Å². The summed E-state index contributed by atoms with van der Waals surface area (Å²) in [6, 6.07) is 14.3. The van der Waals surface area contributed by atoms with Crippen LogP contribution in [0.5, 0.6) is 11.5 Å². The lowest BCUT2D eigenvalue weighted by molar-refractivity contribution is 0.0734. The highest BCUT2D eigenvalue weighted by Crippen LogP contribution is 2.37. The average Bonchev–Trinajstić information content (AvgIpc) is 2.60. The van der Waals surface area contributed by atoms with Gasteiger partial charge in [0, 0.05) is 0 Å². The van der Waals surface area contributed by atoms with Gasteiger partial charge in [0.25, 0.3) is 0 Å². The molecule has 2 aromatic rings. The molecule has 0 aromatic heterocycles. The van der Waals surface area contributed by atoms with Gasteiger partial charge in [-0.2, -0.15) is 0 Å². The number of esters is 1. The summed E-state index contributed by atoms with van der Waals surface area (Å²) >= 11 is 0. The van der Waals surface area contributed by atoms with E-state index >= 15 is 0 Å². The zero-order chi connectivity index (χ0) is 19.4. The molecule has 0 heterocycles. The largest absolute Gasteiger partial charge is 0.497 e. The van der Waals surface area contributed by atoms with Crippen LogP contribution in [0.2, 0.25) is 18.1 Å². The summed E-state index contributed by atoms with van der Waals surface area (Å²) in [5.41, 5.74) is 1.55. The minimum absolute atomic E-state index is 0.181. The molecule has 2 aromatic carbocycles. The third kappa shape index (κ3) is 5.19. The fourth-order valence-corrected chi connectivity index (χ4v) is 2.99. The number of methoxy groups -OCH3 is 1. The van der Waals surface area contributed by atoms with Crippen LogP contribution in [0.15, 0.2) is 48.5 Å². The molecule has 0 aliphatic carbocycles. The number of benzene rings is 2. The molecule has 0 aliphatic heterocycles. The molecule has 0 saturated heterocycles. The van der Waals surface area contributed by atoms with E-state index in [-0.39, 0.29) is 5.04 Å². The van der Waals surface area contributed by atoms with Gasteiger partial charge in [0.05, 0.1) is 19.3 Å². The summed E-state index contributed by atoms with van der Waals surface area (Å²) < 4.78 is 16.7. The molecule has 0 bridgehead atoms.